The first kappa shape index (κ1) is 17.3. The molecule has 3 rings (SSSR count). The number of nitrogens with zero attached hydrogens (tertiary/aromatic N) is 2. The number of aliphatic imine (C=N–C) groups is 1. The van der Waals surface area contributed by atoms with Crippen LogP contribution in [-0.2, 0) is 0 Å². The highest BCUT2D eigenvalue weighted by Gasteiger charge is 2.09. The maximum atomic E-state index is 6.00. The maximum absolute atomic E-state index is 6.00. The summed E-state index contributed by atoms with van der Waals surface area (Å²) in [4.78, 5) is 4.60. The summed E-state index contributed by atoms with van der Waals surface area (Å²) in [5, 5.41) is 0.738. The van der Waals surface area contributed by atoms with Gasteiger partial charge in [0.2, 0.25) is 0 Å². The third kappa shape index (κ3) is 3.94. The molecule has 3 aromatic rings. The molecule has 0 radical (unpaired) electrons. The van der Waals surface area contributed by atoms with Gasteiger partial charge in [0.1, 0.15) is 5.75 Å². The number of hydrogen-bond acceptors (Lipinski definition) is 2. The van der Waals surface area contributed by atoms with Crippen LogP contribution in [0.3, 0.4) is 0 Å². The molecule has 3 nitrogen and oxygen atoms in total. The van der Waals surface area contributed by atoms with Gasteiger partial charge in [-0.25, -0.2) is 0 Å². The molecular weight excluding hydrogens is 332 g/mol. The maximum Gasteiger partial charge on any atom is 0.121 e. The molecule has 0 aliphatic carbocycles. The van der Waals surface area contributed by atoms with Gasteiger partial charge in [-0.1, -0.05) is 17.7 Å². The predicted octanol–water partition coefficient (Wildman–Crippen LogP) is 5.90. The lowest BCUT2D eigenvalue weighted by atomic mass is 10.2. The Bertz CT molecular complexity index is 895. The van der Waals surface area contributed by atoms with Gasteiger partial charge in [0.15, 0.2) is 0 Å². The van der Waals surface area contributed by atoms with Crippen molar-refractivity contribution < 1.29 is 4.74 Å². The Kier molecular flexibility index (Phi) is 5.25. The highest BCUT2D eigenvalue weighted by molar-refractivity contribution is 6.30. The fourth-order valence-electron chi connectivity index (χ4n) is 2.87. The Labute approximate surface area is 153 Å². The van der Waals surface area contributed by atoms with Gasteiger partial charge in [-0.05, 0) is 63.2 Å². The standard InChI is InChI=1S/C21H21ClN2O/c1-4-25-21-7-5-6-19(13-21)23-14-17-12-15(2)24(16(17)3)20-10-8-18(22)9-11-20/h5-14H,4H2,1-3H3. The summed E-state index contributed by atoms with van der Waals surface area (Å²) in [5.74, 6) is 0.837. The zero-order chi connectivity index (χ0) is 17.8. The van der Waals surface area contributed by atoms with Gasteiger partial charge in [0.05, 0.1) is 12.3 Å². The highest BCUT2D eigenvalue weighted by Crippen LogP contribution is 2.23. The predicted molar refractivity (Wildman–Crippen MR) is 105 cm³/mol. The molecule has 0 amide bonds. The lowest BCUT2D eigenvalue weighted by Crippen LogP contribution is -1.99. The molecule has 0 spiro atoms. The van der Waals surface area contributed by atoms with Gasteiger partial charge in [0, 0.05) is 39.9 Å². The zero-order valence-corrected chi connectivity index (χ0v) is 15.4. The van der Waals surface area contributed by atoms with E-state index in [1.165, 1.54) is 0 Å². The van der Waals surface area contributed by atoms with Gasteiger partial charge in [-0.15, -0.1) is 0 Å². The van der Waals surface area contributed by atoms with Crippen molar-refractivity contribution in [1.29, 1.82) is 0 Å². The van der Waals surface area contributed by atoms with E-state index in [9.17, 15) is 0 Å². The van der Waals surface area contributed by atoms with Crippen molar-refractivity contribution in [2.45, 2.75) is 20.8 Å². The first-order valence-electron chi connectivity index (χ1n) is 8.30. The second-order valence-electron chi connectivity index (χ2n) is 5.83. The fourth-order valence-corrected chi connectivity index (χ4v) is 3.00. The number of aromatic nitrogens is 1. The minimum Gasteiger partial charge on any atom is -0.494 e. The SMILES string of the molecule is CCOc1cccc(N=Cc2cc(C)n(-c3ccc(Cl)cc3)c2C)c1. The lowest BCUT2D eigenvalue weighted by Gasteiger charge is -2.09. The van der Waals surface area contributed by atoms with E-state index in [2.05, 4.69) is 29.5 Å². The molecule has 1 heterocycles. The van der Waals surface area contributed by atoms with Crippen LogP contribution in [0.2, 0.25) is 5.02 Å². The Morgan fingerprint density at radius 1 is 1.08 bits per heavy atom. The average Bonchev–Trinajstić information content (AvgIpc) is 2.89. The monoisotopic (exact) mass is 352 g/mol. The molecule has 0 bridgehead atoms. The quantitative estimate of drug-likeness (QED) is 0.525. The summed E-state index contributed by atoms with van der Waals surface area (Å²) in [7, 11) is 0. The number of aryl methyl sites for hydroxylation is 1. The van der Waals surface area contributed by atoms with E-state index in [1.807, 2.05) is 61.7 Å². The zero-order valence-electron chi connectivity index (χ0n) is 14.7. The first-order chi connectivity index (χ1) is 12.1. The van der Waals surface area contributed by atoms with E-state index >= 15 is 0 Å². The second-order valence-corrected chi connectivity index (χ2v) is 6.26. The van der Waals surface area contributed by atoms with E-state index in [4.69, 9.17) is 16.3 Å². The third-order valence-corrected chi connectivity index (χ3v) is 4.29. The minimum atomic E-state index is 0.648. The molecule has 1 aromatic heterocycles. The van der Waals surface area contributed by atoms with Crippen molar-refractivity contribution in [3.8, 4) is 11.4 Å². The average molecular weight is 353 g/mol. The van der Waals surface area contributed by atoms with Crippen LogP contribution in [0.15, 0.2) is 59.6 Å². The molecule has 0 saturated heterocycles. The normalized spacial score (nSPS) is 11.2. The highest BCUT2D eigenvalue weighted by atomic mass is 35.5. The minimum absolute atomic E-state index is 0.648. The summed E-state index contributed by atoms with van der Waals surface area (Å²) < 4.78 is 7.73. The molecular formula is C21H21ClN2O. The number of benzene rings is 2. The molecule has 0 atom stereocenters. The molecule has 0 aliphatic heterocycles. The van der Waals surface area contributed by atoms with Crippen molar-refractivity contribution in [2.24, 2.45) is 4.99 Å². The summed E-state index contributed by atoms with van der Waals surface area (Å²) >= 11 is 6.00. The van der Waals surface area contributed by atoms with Crippen LogP contribution in [0.4, 0.5) is 5.69 Å². The van der Waals surface area contributed by atoms with Crippen molar-refractivity contribution in [2.75, 3.05) is 6.61 Å². The second kappa shape index (κ2) is 7.58. The van der Waals surface area contributed by atoms with E-state index in [-0.39, 0.29) is 0 Å². The first-order valence-corrected chi connectivity index (χ1v) is 8.68. The number of halogens is 1. The van der Waals surface area contributed by atoms with Crippen molar-refractivity contribution in [3.63, 3.8) is 0 Å². The molecule has 128 valence electrons. The van der Waals surface area contributed by atoms with Gasteiger partial charge in [-0.2, -0.15) is 0 Å². The summed E-state index contributed by atoms with van der Waals surface area (Å²) in [6.07, 6.45) is 1.90. The number of rotatable bonds is 5. The molecule has 4 heteroatoms. The fraction of sp³-hybridized carbons (Fsp3) is 0.190. The lowest BCUT2D eigenvalue weighted by molar-refractivity contribution is 0.340. The summed E-state index contributed by atoms with van der Waals surface area (Å²) in [5.41, 5.74) is 5.36. The Balaban J connectivity index is 1.90. The van der Waals surface area contributed by atoms with Crippen molar-refractivity contribution in [3.05, 3.63) is 76.6 Å². The summed E-state index contributed by atoms with van der Waals surface area (Å²) in [6, 6.07) is 17.8. The van der Waals surface area contributed by atoms with Crippen LogP contribution in [0.25, 0.3) is 5.69 Å². The third-order valence-electron chi connectivity index (χ3n) is 4.04. The smallest absolute Gasteiger partial charge is 0.121 e. The molecule has 0 unspecified atom stereocenters. The number of ether oxygens (including phenoxy) is 1. The van der Waals surface area contributed by atoms with Crippen LogP contribution in [0.5, 0.6) is 5.75 Å². The topological polar surface area (TPSA) is 26.5 Å². The molecule has 2 aromatic carbocycles. The van der Waals surface area contributed by atoms with Gasteiger partial charge >= 0.3 is 0 Å². The van der Waals surface area contributed by atoms with Crippen LogP contribution < -0.4 is 4.74 Å². The van der Waals surface area contributed by atoms with E-state index < -0.39 is 0 Å². The van der Waals surface area contributed by atoms with Crippen LogP contribution >= 0.6 is 11.6 Å². The van der Waals surface area contributed by atoms with E-state index in [0.29, 0.717) is 6.61 Å². The van der Waals surface area contributed by atoms with Gasteiger partial charge in [-0.3, -0.25) is 4.99 Å². The van der Waals surface area contributed by atoms with Crippen molar-refractivity contribution >= 4 is 23.5 Å². The van der Waals surface area contributed by atoms with Gasteiger partial charge < -0.3 is 9.30 Å². The Morgan fingerprint density at radius 3 is 2.56 bits per heavy atom. The van der Waals surface area contributed by atoms with Crippen LogP contribution in [0, 0.1) is 13.8 Å². The molecule has 0 saturated carbocycles. The van der Waals surface area contributed by atoms with E-state index in [1.54, 1.807) is 0 Å². The van der Waals surface area contributed by atoms with Crippen molar-refractivity contribution in [1.82, 2.24) is 4.57 Å². The Hall–Kier alpha value is -2.52. The Morgan fingerprint density at radius 2 is 1.84 bits per heavy atom. The summed E-state index contributed by atoms with van der Waals surface area (Å²) in [6.45, 7) is 6.81. The largest absolute Gasteiger partial charge is 0.494 e. The number of hydrogen-bond donors (Lipinski definition) is 0. The molecule has 0 N–H and O–H groups in total. The molecule has 0 fully saturated rings. The molecule has 0 aliphatic rings. The van der Waals surface area contributed by atoms with Gasteiger partial charge in [0.25, 0.3) is 0 Å². The van der Waals surface area contributed by atoms with E-state index in [0.717, 1.165) is 39.1 Å². The molecule has 25 heavy (non-hydrogen) atoms. The van der Waals surface area contributed by atoms with Crippen LogP contribution in [-0.4, -0.2) is 17.4 Å². The van der Waals surface area contributed by atoms with Crippen LogP contribution in [0.1, 0.15) is 23.9 Å².